The third-order valence-electron chi connectivity index (χ3n) is 14.2. The number of allylic oxidation sites excluding steroid dienone is 2. The number of hydrogen-bond donors (Lipinski definition) is 0. The van der Waals surface area contributed by atoms with E-state index in [9.17, 15) is 0 Å². The Morgan fingerprint density at radius 1 is 0.477 bits per heavy atom. The van der Waals surface area contributed by atoms with Crippen LogP contribution >= 0.6 is 0 Å². The van der Waals surface area contributed by atoms with E-state index in [1.165, 1.54) is 66.3 Å². The molecule has 1 aliphatic heterocycles. The maximum atomic E-state index is 6.83. The number of para-hydroxylation sites is 2. The molecule has 2 aliphatic carbocycles. The predicted molar refractivity (Wildman–Crippen MR) is 268 cm³/mol. The quantitative estimate of drug-likeness (QED) is 0.159. The van der Waals surface area contributed by atoms with Crippen molar-refractivity contribution in [3.05, 3.63) is 271 Å². The molecule has 308 valence electrons. The maximum absolute atomic E-state index is 6.83. The van der Waals surface area contributed by atoms with E-state index in [1.807, 2.05) is 0 Å². The Balaban J connectivity index is 0.979. The van der Waals surface area contributed by atoms with Crippen molar-refractivity contribution in [2.75, 3.05) is 4.90 Å². The molecule has 0 saturated carbocycles. The Morgan fingerprint density at radius 2 is 1.09 bits per heavy atom. The van der Waals surface area contributed by atoms with Gasteiger partial charge in [-0.05, 0) is 118 Å². The molecule has 0 amide bonds. The highest BCUT2D eigenvalue weighted by atomic mass is 16.5. The highest BCUT2D eigenvalue weighted by Gasteiger charge is 2.47. The molecule has 65 heavy (non-hydrogen) atoms. The van der Waals surface area contributed by atoms with Crippen LogP contribution in [0, 0.1) is 0 Å². The maximum Gasteiger partial charge on any atom is 0.135 e. The van der Waals surface area contributed by atoms with Crippen LogP contribution in [-0.2, 0) is 5.41 Å². The van der Waals surface area contributed by atoms with E-state index in [1.54, 1.807) is 0 Å². The summed E-state index contributed by atoms with van der Waals surface area (Å²) in [6.07, 6.45) is 8.70. The molecule has 13 rings (SSSR count). The molecule has 0 N–H and O–H groups in total. The topological polar surface area (TPSA) is 17.4 Å². The van der Waals surface area contributed by atoms with Crippen molar-refractivity contribution < 1.29 is 4.74 Å². The number of fused-ring (bicyclic) bond motifs is 9. The first-order chi connectivity index (χ1) is 32.1. The van der Waals surface area contributed by atoms with Crippen LogP contribution in [-0.4, -0.2) is 10.2 Å². The summed E-state index contributed by atoms with van der Waals surface area (Å²) in [5.74, 6) is 1.09. The highest BCUT2D eigenvalue weighted by Crippen LogP contribution is 2.58. The van der Waals surface area contributed by atoms with E-state index >= 15 is 0 Å². The molecule has 2 atom stereocenters. The van der Waals surface area contributed by atoms with Crippen molar-refractivity contribution in [3.8, 4) is 33.7 Å². The van der Waals surface area contributed by atoms with Gasteiger partial charge < -0.3 is 14.2 Å². The normalized spacial score (nSPS) is 17.3. The van der Waals surface area contributed by atoms with Crippen LogP contribution in [0.25, 0.3) is 49.7 Å². The van der Waals surface area contributed by atoms with Crippen molar-refractivity contribution in [2.24, 2.45) is 0 Å². The number of nitrogens with zero attached hydrogens (tertiary/aromatic N) is 2. The fourth-order valence-corrected chi connectivity index (χ4v) is 11.3. The minimum absolute atomic E-state index is 0.166. The number of hydrogen-bond acceptors (Lipinski definition) is 2. The van der Waals surface area contributed by atoms with Crippen LogP contribution in [0.4, 0.5) is 17.1 Å². The molecule has 3 aliphatic rings. The molecule has 0 spiro atoms. The van der Waals surface area contributed by atoms with Gasteiger partial charge in [0.1, 0.15) is 11.4 Å². The fourth-order valence-electron chi connectivity index (χ4n) is 11.3. The number of benzene rings is 9. The zero-order valence-corrected chi connectivity index (χ0v) is 36.0. The first-order valence-corrected chi connectivity index (χ1v) is 22.6. The van der Waals surface area contributed by atoms with Crippen LogP contribution in [0.2, 0.25) is 0 Å². The molecule has 0 bridgehead atoms. The molecule has 2 unspecified atom stereocenters. The summed E-state index contributed by atoms with van der Waals surface area (Å²) in [4.78, 5) is 2.41. The molecule has 1 aromatic heterocycles. The van der Waals surface area contributed by atoms with Gasteiger partial charge in [-0.15, -0.1) is 0 Å². The third kappa shape index (κ3) is 5.62. The van der Waals surface area contributed by atoms with E-state index in [0.29, 0.717) is 0 Å². The monoisotopic (exact) mass is 832 g/mol. The lowest BCUT2D eigenvalue weighted by molar-refractivity contribution is 0.155. The van der Waals surface area contributed by atoms with E-state index in [-0.39, 0.29) is 5.92 Å². The van der Waals surface area contributed by atoms with Crippen molar-refractivity contribution >= 4 is 38.9 Å². The fraction of sp³-hybridized carbons (Fsp3) is 0.0645. The summed E-state index contributed by atoms with van der Waals surface area (Å²) >= 11 is 0. The minimum atomic E-state index is -0.522. The molecular formula is C62H44N2O. The van der Waals surface area contributed by atoms with Gasteiger partial charge in [0, 0.05) is 51.1 Å². The summed E-state index contributed by atoms with van der Waals surface area (Å²) in [6.45, 7) is 2.19. The number of aromatic nitrogens is 1. The molecule has 3 nitrogen and oxygen atoms in total. The molecule has 0 radical (unpaired) electrons. The van der Waals surface area contributed by atoms with Crippen molar-refractivity contribution in [3.63, 3.8) is 0 Å². The Hall–Kier alpha value is -8.14. The molecular weight excluding hydrogens is 789 g/mol. The second kappa shape index (κ2) is 14.5. The first-order valence-electron chi connectivity index (χ1n) is 22.6. The van der Waals surface area contributed by atoms with E-state index in [2.05, 4.69) is 259 Å². The Morgan fingerprint density at radius 3 is 1.88 bits per heavy atom. The zero-order chi connectivity index (χ0) is 43.1. The van der Waals surface area contributed by atoms with Gasteiger partial charge in [0.25, 0.3) is 0 Å². The average molecular weight is 833 g/mol. The van der Waals surface area contributed by atoms with E-state index in [0.717, 1.165) is 34.1 Å². The predicted octanol–water partition coefficient (Wildman–Crippen LogP) is 15.6. The molecule has 10 aromatic rings. The standard InChI is InChI=1S/C62H44N2O/c1-61-38-16-15-25-55(61)53-36-34-49(41-60(53)65-61)63(47-31-28-42(29-32-47)43-30-37-59-54(39-43)52-24-12-14-27-58(52)64(59)46-21-9-4-10-22-46)48-33-35-51-50-23-11-13-26-56(50)62(57(51)40-48,44-17-5-2-6-18-44)45-19-7-3-8-20-45/h2-41,55H,1H3. The summed E-state index contributed by atoms with van der Waals surface area (Å²) in [5.41, 5.74) is 17.0. The van der Waals surface area contributed by atoms with Gasteiger partial charge in [-0.3, -0.25) is 0 Å². The van der Waals surface area contributed by atoms with Crippen LogP contribution in [0.15, 0.2) is 243 Å². The first kappa shape index (κ1) is 37.4. The number of anilines is 3. The summed E-state index contributed by atoms with van der Waals surface area (Å²) in [7, 11) is 0. The van der Waals surface area contributed by atoms with E-state index in [4.69, 9.17) is 4.74 Å². The molecule has 9 aromatic carbocycles. The van der Waals surface area contributed by atoms with Gasteiger partial charge >= 0.3 is 0 Å². The number of ether oxygens (including phenoxy) is 1. The van der Waals surface area contributed by atoms with Crippen molar-refractivity contribution in [1.29, 1.82) is 0 Å². The largest absolute Gasteiger partial charge is 0.482 e. The van der Waals surface area contributed by atoms with Crippen LogP contribution < -0.4 is 9.64 Å². The zero-order valence-electron chi connectivity index (χ0n) is 36.0. The van der Waals surface area contributed by atoms with Gasteiger partial charge in [-0.25, -0.2) is 0 Å². The molecule has 3 heteroatoms. The van der Waals surface area contributed by atoms with Gasteiger partial charge in [0.2, 0.25) is 0 Å². The summed E-state index contributed by atoms with van der Waals surface area (Å²) in [6, 6.07) is 80.3. The van der Waals surface area contributed by atoms with Crippen LogP contribution in [0.3, 0.4) is 0 Å². The van der Waals surface area contributed by atoms with Gasteiger partial charge in [0.05, 0.1) is 16.4 Å². The Bertz CT molecular complexity index is 3490. The minimum Gasteiger partial charge on any atom is -0.482 e. The average Bonchev–Trinajstić information content (AvgIpc) is 3.97. The SMILES string of the molecule is CC12C=CC=CC1c1ccc(N(c3ccc(-c4ccc5c(c4)c4ccccc4n5-c4ccccc4)cc3)c3ccc4c(c3)C(c3ccccc3)(c3ccccc3)c3ccccc3-4)cc1O2. The van der Waals surface area contributed by atoms with Gasteiger partial charge in [-0.2, -0.15) is 0 Å². The molecule has 2 heterocycles. The summed E-state index contributed by atoms with van der Waals surface area (Å²) < 4.78 is 9.20. The van der Waals surface area contributed by atoms with Gasteiger partial charge in [0.15, 0.2) is 0 Å². The smallest absolute Gasteiger partial charge is 0.135 e. The Labute approximate surface area is 379 Å². The van der Waals surface area contributed by atoms with Crippen molar-refractivity contribution in [2.45, 2.75) is 23.9 Å². The Kier molecular flexibility index (Phi) is 8.32. The summed E-state index contributed by atoms with van der Waals surface area (Å²) in [5, 5.41) is 2.49. The molecule has 0 fully saturated rings. The molecule has 0 saturated heterocycles. The van der Waals surface area contributed by atoms with Crippen LogP contribution in [0.1, 0.15) is 40.7 Å². The lowest BCUT2D eigenvalue weighted by Gasteiger charge is -2.35. The van der Waals surface area contributed by atoms with Crippen LogP contribution in [0.5, 0.6) is 5.75 Å². The highest BCUT2D eigenvalue weighted by molar-refractivity contribution is 6.10. The van der Waals surface area contributed by atoms with E-state index < -0.39 is 11.0 Å². The second-order valence-electron chi connectivity index (χ2n) is 17.8. The lowest BCUT2D eigenvalue weighted by Crippen LogP contribution is -2.32. The number of rotatable bonds is 7. The lowest BCUT2D eigenvalue weighted by atomic mass is 9.67. The van der Waals surface area contributed by atoms with Gasteiger partial charge in [-0.1, -0.05) is 170 Å². The third-order valence-corrected chi connectivity index (χ3v) is 14.2. The van der Waals surface area contributed by atoms with Crippen molar-refractivity contribution in [1.82, 2.24) is 4.57 Å². The second-order valence-corrected chi connectivity index (χ2v) is 17.8.